The van der Waals surface area contributed by atoms with E-state index in [1.165, 1.54) is 0 Å². The van der Waals surface area contributed by atoms with Gasteiger partial charge in [-0.25, -0.2) is 0 Å². The van der Waals surface area contributed by atoms with Crippen molar-refractivity contribution >= 4 is 0 Å². The zero-order valence-electron chi connectivity index (χ0n) is 8.97. The zero-order valence-corrected chi connectivity index (χ0v) is 8.97. The lowest BCUT2D eigenvalue weighted by Crippen LogP contribution is -2.11. The first-order valence-corrected chi connectivity index (χ1v) is 5.22. The van der Waals surface area contributed by atoms with E-state index < -0.39 is 0 Å². The van der Waals surface area contributed by atoms with Gasteiger partial charge >= 0.3 is 0 Å². The average molecular weight is 189 g/mol. The van der Waals surface area contributed by atoms with Crippen LogP contribution in [0.4, 0.5) is 0 Å². The molecule has 3 nitrogen and oxygen atoms in total. The van der Waals surface area contributed by atoms with Gasteiger partial charge < -0.3 is 14.8 Å². The standard InChI is InChI=1S/C10H23NO2/c1-3-7-12-9-5-10-13-8-4-6-11-2/h11H,3-10H2,1-2H3. The normalized spacial score (nSPS) is 10.6. The molecule has 13 heavy (non-hydrogen) atoms. The van der Waals surface area contributed by atoms with E-state index in [2.05, 4.69) is 12.2 Å². The molecule has 0 aromatic heterocycles. The largest absolute Gasteiger partial charge is 0.381 e. The fourth-order valence-corrected chi connectivity index (χ4v) is 0.963. The van der Waals surface area contributed by atoms with Crippen LogP contribution in [0.25, 0.3) is 0 Å². The summed E-state index contributed by atoms with van der Waals surface area (Å²) in [6, 6.07) is 0. The van der Waals surface area contributed by atoms with Crippen molar-refractivity contribution in [1.29, 1.82) is 0 Å². The Balaban J connectivity index is 2.76. The summed E-state index contributed by atoms with van der Waals surface area (Å²) in [6.45, 7) is 6.54. The van der Waals surface area contributed by atoms with Crippen LogP contribution in [0.15, 0.2) is 0 Å². The maximum Gasteiger partial charge on any atom is 0.0487 e. The van der Waals surface area contributed by atoms with Crippen LogP contribution in [-0.4, -0.2) is 40.0 Å². The van der Waals surface area contributed by atoms with Crippen molar-refractivity contribution in [2.24, 2.45) is 0 Å². The second kappa shape index (κ2) is 11.9. The summed E-state index contributed by atoms with van der Waals surface area (Å²) in [5.74, 6) is 0. The molecule has 1 N–H and O–H groups in total. The average Bonchev–Trinajstić information content (AvgIpc) is 2.16. The van der Waals surface area contributed by atoms with Crippen LogP contribution in [0.1, 0.15) is 26.2 Å². The van der Waals surface area contributed by atoms with Gasteiger partial charge in [0.1, 0.15) is 0 Å². The molecule has 3 heteroatoms. The summed E-state index contributed by atoms with van der Waals surface area (Å²) >= 11 is 0. The molecule has 0 bridgehead atoms. The lowest BCUT2D eigenvalue weighted by molar-refractivity contribution is 0.0822. The highest BCUT2D eigenvalue weighted by atomic mass is 16.5. The van der Waals surface area contributed by atoms with E-state index in [4.69, 9.17) is 9.47 Å². The quantitative estimate of drug-likeness (QED) is 0.527. The van der Waals surface area contributed by atoms with Crippen LogP contribution in [0, 0.1) is 0 Å². The topological polar surface area (TPSA) is 30.5 Å². The van der Waals surface area contributed by atoms with Crippen molar-refractivity contribution in [2.75, 3.05) is 40.0 Å². The summed E-state index contributed by atoms with van der Waals surface area (Å²) in [4.78, 5) is 0. The van der Waals surface area contributed by atoms with Crippen molar-refractivity contribution < 1.29 is 9.47 Å². The molecule has 0 amide bonds. The van der Waals surface area contributed by atoms with E-state index in [1.54, 1.807) is 0 Å². The number of hydrogen-bond acceptors (Lipinski definition) is 3. The molecular formula is C10H23NO2. The lowest BCUT2D eigenvalue weighted by Gasteiger charge is -2.04. The molecule has 0 heterocycles. The number of ether oxygens (including phenoxy) is 2. The highest BCUT2D eigenvalue weighted by Crippen LogP contribution is 1.88. The molecule has 0 atom stereocenters. The third-order valence-electron chi connectivity index (χ3n) is 1.64. The molecule has 0 aliphatic heterocycles. The maximum absolute atomic E-state index is 5.40. The molecule has 0 aromatic rings. The van der Waals surface area contributed by atoms with Gasteiger partial charge in [0.15, 0.2) is 0 Å². The third kappa shape index (κ3) is 11.9. The van der Waals surface area contributed by atoms with Gasteiger partial charge in [-0.15, -0.1) is 0 Å². The van der Waals surface area contributed by atoms with Crippen LogP contribution < -0.4 is 5.32 Å². The van der Waals surface area contributed by atoms with E-state index in [0.29, 0.717) is 0 Å². The summed E-state index contributed by atoms with van der Waals surface area (Å²) < 4.78 is 10.7. The fraction of sp³-hybridized carbons (Fsp3) is 1.00. The molecule has 80 valence electrons. The predicted octanol–water partition coefficient (Wildman–Crippen LogP) is 1.43. The summed E-state index contributed by atoms with van der Waals surface area (Å²) in [5, 5.41) is 3.08. The van der Waals surface area contributed by atoms with Gasteiger partial charge in [-0.2, -0.15) is 0 Å². The van der Waals surface area contributed by atoms with Crippen molar-refractivity contribution in [3.05, 3.63) is 0 Å². The van der Waals surface area contributed by atoms with Crippen molar-refractivity contribution in [3.8, 4) is 0 Å². The van der Waals surface area contributed by atoms with Crippen LogP contribution in [0.5, 0.6) is 0 Å². The highest BCUT2D eigenvalue weighted by molar-refractivity contribution is 4.40. The van der Waals surface area contributed by atoms with E-state index in [-0.39, 0.29) is 0 Å². The van der Waals surface area contributed by atoms with E-state index in [1.807, 2.05) is 7.05 Å². The Bertz CT molecular complexity index is 79.0. The van der Waals surface area contributed by atoms with E-state index in [0.717, 1.165) is 52.2 Å². The number of hydrogen-bond donors (Lipinski definition) is 1. The first-order valence-electron chi connectivity index (χ1n) is 5.22. The monoisotopic (exact) mass is 189 g/mol. The molecule has 0 rings (SSSR count). The van der Waals surface area contributed by atoms with E-state index >= 15 is 0 Å². The minimum atomic E-state index is 0.827. The van der Waals surface area contributed by atoms with E-state index in [9.17, 15) is 0 Å². The molecule has 0 radical (unpaired) electrons. The Labute approximate surface area is 81.8 Å². The lowest BCUT2D eigenvalue weighted by atomic mass is 10.4. The minimum absolute atomic E-state index is 0.827. The summed E-state index contributed by atoms with van der Waals surface area (Å²) in [6.07, 6.45) is 3.20. The minimum Gasteiger partial charge on any atom is -0.381 e. The molecular weight excluding hydrogens is 166 g/mol. The van der Waals surface area contributed by atoms with Crippen LogP contribution in [-0.2, 0) is 9.47 Å². The second-order valence-electron chi connectivity index (χ2n) is 3.04. The van der Waals surface area contributed by atoms with Gasteiger partial charge in [0.25, 0.3) is 0 Å². The summed E-state index contributed by atoms with van der Waals surface area (Å²) in [5.41, 5.74) is 0. The van der Waals surface area contributed by atoms with Crippen molar-refractivity contribution in [2.45, 2.75) is 26.2 Å². The van der Waals surface area contributed by atoms with Crippen molar-refractivity contribution in [1.82, 2.24) is 5.32 Å². The van der Waals surface area contributed by atoms with Gasteiger partial charge in [-0.1, -0.05) is 6.92 Å². The number of nitrogens with one attached hydrogen (secondary N) is 1. The van der Waals surface area contributed by atoms with Gasteiger partial charge in [0, 0.05) is 26.4 Å². The Morgan fingerprint density at radius 2 is 1.54 bits per heavy atom. The fourth-order valence-electron chi connectivity index (χ4n) is 0.963. The maximum atomic E-state index is 5.40. The predicted molar refractivity (Wildman–Crippen MR) is 55.1 cm³/mol. The SMILES string of the molecule is CCCOCCCOCCCNC. The molecule has 0 aliphatic carbocycles. The number of rotatable bonds is 10. The molecule has 0 saturated heterocycles. The molecule has 0 spiro atoms. The van der Waals surface area contributed by atoms with Gasteiger partial charge in [0.05, 0.1) is 0 Å². The smallest absolute Gasteiger partial charge is 0.0487 e. The second-order valence-corrected chi connectivity index (χ2v) is 3.04. The van der Waals surface area contributed by atoms with Crippen LogP contribution in [0.2, 0.25) is 0 Å². The Morgan fingerprint density at radius 3 is 2.15 bits per heavy atom. The Kier molecular flexibility index (Phi) is 11.8. The zero-order chi connectivity index (χ0) is 9.78. The van der Waals surface area contributed by atoms with Crippen LogP contribution in [0.3, 0.4) is 0 Å². The Morgan fingerprint density at radius 1 is 0.923 bits per heavy atom. The van der Waals surface area contributed by atoms with Crippen LogP contribution >= 0.6 is 0 Å². The molecule has 0 saturated carbocycles. The Hall–Kier alpha value is -0.120. The first-order chi connectivity index (χ1) is 6.41. The van der Waals surface area contributed by atoms with Gasteiger partial charge in [-0.3, -0.25) is 0 Å². The molecule has 0 aliphatic rings. The highest BCUT2D eigenvalue weighted by Gasteiger charge is 1.89. The molecule has 0 aromatic carbocycles. The molecule has 0 fully saturated rings. The van der Waals surface area contributed by atoms with Gasteiger partial charge in [-0.05, 0) is 32.9 Å². The first kappa shape index (κ1) is 12.9. The summed E-state index contributed by atoms with van der Waals surface area (Å²) in [7, 11) is 1.96. The molecule has 0 unspecified atom stereocenters. The van der Waals surface area contributed by atoms with Gasteiger partial charge in [0.2, 0.25) is 0 Å². The van der Waals surface area contributed by atoms with Crippen molar-refractivity contribution in [3.63, 3.8) is 0 Å². The third-order valence-corrected chi connectivity index (χ3v) is 1.64.